The third-order valence-electron chi connectivity index (χ3n) is 2.32. The summed E-state index contributed by atoms with van der Waals surface area (Å²) in [6.45, 7) is 1.77. The average Bonchev–Trinajstić information content (AvgIpc) is 2.29. The highest BCUT2D eigenvalue weighted by Gasteiger charge is 2.08. The highest BCUT2D eigenvalue weighted by molar-refractivity contribution is 5.81. The number of fused-ring (bicyclic) bond motifs is 1. The van der Waals surface area contributed by atoms with Crippen LogP contribution in [-0.2, 0) is 11.2 Å². The van der Waals surface area contributed by atoms with Gasteiger partial charge in [-0.15, -0.1) is 0 Å². The van der Waals surface area contributed by atoms with Gasteiger partial charge in [-0.25, -0.2) is 9.78 Å². The van der Waals surface area contributed by atoms with Crippen molar-refractivity contribution in [1.82, 2.24) is 4.98 Å². The lowest BCUT2D eigenvalue weighted by Gasteiger charge is -1.99. The molecule has 1 aromatic heterocycles. The Morgan fingerprint density at radius 3 is 2.88 bits per heavy atom. The Bertz CT molecular complexity index is 586. The van der Waals surface area contributed by atoms with Crippen LogP contribution in [0.3, 0.4) is 0 Å². The van der Waals surface area contributed by atoms with Gasteiger partial charge in [0.05, 0.1) is 17.3 Å². The zero-order chi connectivity index (χ0) is 11.5. The quantitative estimate of drug-likeness (QED) is 0.785. The van der Waals surface area contributed by atoms with Gasteiger partial charge in [-0.1, -0.05) is 19.1 Å². The molecule has 1 heterocycles. The number of nitrogens with zero attached hydrogens (tertiary/aromatic N) is 1. The molecule has 82 valence electrons. The maximum absolute atomic E-state index is 11.6. The van der Waals surface area contributed by atoms with Gasteiger partial charge < -0.3 is 4.42 Å². The highest BCUT2D eigenvalue weighted by Crippen LogP contribution is 2.08. The Morgan fingerprint density at radius 1 is 1.38 bits per heavy atom. The van der Waals surface area contributed by atoms with Crippen molar-refractivity contribution in [3.63, 3.8) is 0 Å². The zero-order valence-electron chi connectivity index (χ0n) is 8.90. The first-order valence-corrected chi connectivity index (χ1v) is 5.11. The predicted octanol–water partition coefficient (Wildman–Crippen LogP) is 1.71. The van der Waals surface area contributed by atoms with E-state index in [0.717, 1.165) is 0 Å². The van der Waals surface area contributed by atoms with Gasteiger partial charge in [-0.05, 0) is 12.1 Å². The van der Waals surface area contributed by atoms with E-state index in [0.29, 0.717) is 17.3 Å². The number of carbonyl (C=O) groups excluding carboxylic acids is 1. The Hall–Kier alpha value is -1.97. The van der Waals surface area contributed by atoms with E-state index >= 15 is 0 Å². The van der Waals surface area contributed by atoms with Gasteiger partial charge in [0, 0.05) is 6.42 Å². The molecule has 0 radical (unpaired) electrons. The van der Waals surface area contributed by atoms with Crippen molar-refractivity contribution >= 4 is 16.7 Å². The fourth-order valence-corrected chi connectivity index (χ4v) is 1.43. The third-order valence-corrected chi connectivity index (χ3v) is 2.32. The summed E-state index contributed by atoms with van der Waals surface area (Å²) in [7, 11) is 0. The first kappa shape index (κ1) is 10.5. The van der Waals surface area contributed by atoms with Crippen molar-refractivity contribution in [3.8, 4) is 0 Å². The van der Waals surface area contributed by atoms with Crippen molar-refractivity contribution in [2.75, 3.05) is 0 Å². The number of hydrogen-bond donors (Lipinski definition) is 0. The Kier molecular flexibility index (Phi) is 2.81. The van der Waals surface area contributed by atoms with E-state index in [4.69, 9.17) is 4.42 Å². The smallest absolute Gasteiger partial charge is 0.346 e. The highest BCUT2D eigenvalue weighted by atomic mass is 16.4. The Labute approximate surface area is 91.9 Å². The standard InChI is InChI=1S/C12H11NO3/c1-2-8(14)7-11-13-10-6-4-3-5-9(10)12(15)16-11/h3-6H,2,7H2,1H3. The molecule has 0 amide bonds. The van der Waals surface area contributed by atoms with Crippen LogP contribution in [-0.4, -0.2) is 10.8 Å². The predicted molar refractivity (Wildman–Crippen MR) is 59.3 cm³/mol. The fourth-order valence-electron chi connectivity index (χ4n) is 1.43. The third kappa shape index (κ3) is 2.00. The fraction of sp³-hybridized carbons (Fsp3) is 0.250. The van der Waals surface area contributed by atoms with Crippen LogP contribution in [0.2, 0.25) is 0 Å². The first-order chi connectivity index (χ1) is 7.70. The maximum Gasteiger partial charge on any atom is 0.346 e. The number of benzene rings is 1. The second-order valence-corrected chi connectivity index (χ2v) is 3.48. The summed E-state index contributed by atoms with van der Waals surface area (Å²) >= 11 is 0. The van der Waals surface area contributed by atoms with Crippen LogP contribution in [0, 0.1) is 0 Å². The van der Waals surface area contributed by atoms with Crippen LogP contribution in [0.5, 0.6) is 0 Å². The number of carbonyl (C=O) groups is 1. The largest absolute Gasteiger partial charge is 0.407 e. The Morgan fingerprint density at radius 2 is 2.12 bits per heavy atom. The number of ketones is 1. The number of para-hydroxylation sites is 1. The summed E-state index contributed by atoms with van der Waals surface area (Å²) in [5, 5.41) is 0.440. The van der Waals surface area contributed by atoms with E-state index < -0.39 is 5.63 Å². The molecule has 0 saturated carbocycles. The van der Waals surface area contributed by atoms with Crippen molar-refractivity contribution < 1.29 is 9.21 Å². The van der Waals surface area contributed by atoms with E-state index in [1.165, 1.54) is 0 Å². The molecule has 0 aliphatic heterocycles. The zero-order valence-corrected chi connectivity index (χ0v) is 8.90. The molecule has 0 N–H and O–H groups in total. The lowest BCUT2D eigenvalue weighted by molar-refractivity contribution is -0.118. The van der Waals surface area contributed by atoms with Crippen LogP contribution in [0.4, 0.5) is 0 Å². The molecule has 0 spiro atoms. The summed E-state index contributed by atoms with van der Waals surface area (Å²) in [6.07, 6.45) is 0.495. The number of rotatable bonds is 3. The van der Waals surface area contributed by atoms with Crippen molar-refractivity contribution in [3.05, 3.63) is 40.6 Å². The molecule has 0 bridgehead atoms. The molecule has 0 atom stereocenters. The first-order valence-electron chi connectivity index (χ1n) is 5.11. The van der Waals surface area contributed by atoms with E-state index in [1.54, 1.807) is 31.2 Å². The monoisotopic (exact) mass is 217 g/mol. The minimum atomic E-state index is -0.440. The summed E-state index contributed by atoms with van der Waals surface area (Å²) < 4.78 is 4.98. The summed E-state index contributed by atoms with van der Waals surface area (Å²) in [5.41, 5.74) is 0.127. The van der Waals surface area contributed by atoms with Gasteiger partial charge >= 0.3 is 5.63 Å². The molecule has 1 aromatic carbocycles. The van der Waals surface area contributed by atoms with Crippen LogP contribution in [0.15, 0.2) is 33.5 Å². The molecule has 0 fully saturated rings. The van der Waals surface area contributed by atoms with Crippen molar-refractivity contribution in [2.45, 2.75) is 19.8 Å². The second-order valence-electron chi connectivity index (χ2n) is 3.48. The molecular formula is C12H11NO3. The topological polar surface area (TPSA) is 60.2 Å². The van der Waals surface area contributed by atoms with Gasteiger partial charge in [0.15, 0.2) is 0 Å². The minimum absolute atomic E-state index is 0.00549. The molecule has 0 aliphatic rings. The van der Waals surface area contributed by atoms with Crippen LogP contribution >= 0.6 is 0 Å². The molecule has 16 heavy (non-hydrogen) atoms. The number of hydrogen-bond acceptors (Lipinski definition) is 4. The molecule has 0 unspecified atom stereocenters. The van der Waals surface area contributed by atoms with Gasteiger partial charge in [-0.3, -0.25) is 4.79 Å². The minimum Gasteiger partial charge on any atom is -0.407 e. The molecular weight excluding hydrogens is 206 g/mol. The molecule has 4 nitrogen and oxygen atoms in total. The van der Waals surface area contributed by atoms with E-state index in [-0.39, 0.29) is 18.1 Å². The summed E-state index contributed by atoms with van der Waals surface area (Å²) in [6, 6.07) is 6.92. The Balaban J connectivity index is 2.50. The van der Waals surface area contributed by atoms with E-state index in [9.17, 15) is 9.59 Å². The number of aromatic nitrogens is 1. The van der Waals surface area contributed by atoms with Gasteiger partial charge in [0.2, 0.25) is 5.89 Å². The molecule has 4 heteroatoms. The van der Waals surface area contributed by atoms with Crippen molar-refractivity contribution in [2.24, 2.45) is 0 Å². The molecule has 0 aliphatic carbocycles. The normalized spacial score (nSPS) is 10.6. The van der Waals surface area contributed by atoms with Gasteiger partial charge in [0.1, 0.15) is 5.78 Å². The SMILES string of the molecule is CCC(=O)Cc1nc2ccccc2c(=O)o1. The summed E-state index contributed by atoms with van der Waals surface area (Å²) in [4.78, 5) is 26.9. The van der Waals surface area contributed by atoms with Crippen LogP contribution in [0.25, 0.3) is 10.9 Å². The summed E-state index contributed by atoms with van der Waals surface area (Å²) in [5.74, 6) is 0.196. The van der Waals surface area contributed by atoms with Crippen LogP contribution < -0.4 is 5.63 Å². The average molecular weight is 217 g/mol. The van der Waals surface area contributed by atoms with E-state index in [2.05, 4.69) is 4.98 Å². The number of Topliss-reactive ketones (excluding diaryl/α,β-unsaturated/α-hetero) is 1. The van der Waals surface area contributed by atoms with Gasteiger partial charge in [-0.2, -0.15) is 0 Å². The molecule has 0 saturated heterocycles. The van der Waals surface area contributed by atoms with E-state index in [1.807, 2.05) is 0 Å². The molecule has 2 aromatic rings. The second kappa shape index (κ2) is 4.26. The van der Waals surface area contributed by atoms with Crippen LogP contribution in [0.1, 0.15) is 19.2 Å². The lowest BCUT2D eigenvalue weighted by atomic mass is 10.2. The maximum atomic E-state index is 11.6. The van der Waals surface area contributed by atoms with Crippen molar-refractivity contribution in [1.29, 1.82) is 0 Å². The molecule has 2 rings (SSSR count). The van der Waals surface area contributed by atoms with Gasteiger partial charge in [0.25, 0.3) is 0 Å². The lowest BCUT2D eigenvalue weighted by Crippen LogP contribution is -2.09.